The smallest absolute Gasteiger partial charge is 0.337 e. The lowest BCUT2D eigenvalue weighted by molar-refractivity contribution is -0.175. The molecule has 2 N–H and O–H groups in total. The predicted octanol–water partition coefficient (Wildman–Crippen LogP) is 1.57. The fourth-order valence-corrected chi connectivity index (χ4v) is 2.42. The van der Waals surface area contributed by atoms with Crippen molar-refractivity contribution in [1.29, 1.82) is 0 Å². The summed E-state index contributed by atoms with van der Waals surface area (Å²) in [5, 5.41) is 18.8. The average molecular weight is 357 g/mol. The van der Waals surface area contributed by atoms with Gasteiger partial charge in [-0.1, -0.05) is 41.5 Å². The Morgan fingerprint density at radius 1 is 0.800 bits per heavy atom. The maximum atomic E-state index is 12.8. The van der Waals surface area contributed by atoms with Crippen molar-refractivity contribution in [2.24, 2.45) is 17.8 Å². The van der Waals surface area contributed by atoms with Crippen LogP contribution in [0.1, 0.15) is 54.4 Å². The van der Waals surface area contributed by atoms with Gasteiger partial charge in [0, 0.05) is 24.2 Å². The molecular weight excluding hydrogens is 330 g/mol. The zero-order chi connectivity index (χ0) is 20.1. The van der Waals surface area contributed by atoms with Gasteiger partial charge < -0.3 is 10.2 Å². The number of Topliss-reactive ketones (excluding diaryl/α,β-unsaturated/α-hetero) is 1. The molecule has 0 saturated carbocycles. The summed E-state index contributed by atoms with van der Waals surface area (Å²) in [5.74, 6) is -7.83. The van der Waals surface area contributed by atoms with Gasteiger partial charge in [-0.05, 0) is 6.42 Å². The first-order valence-electron chi connectivity index (χ1n) is 8.18. The number of aliphatic carboxylic acids is 2. The van der Waals surface area contributed by atoms with E-state index < -0.39 is 65.7 Å². The summed E-state index contributed by atoms with van der Waals surface area (Å²) in [5.41, 5.74) is -2.53. The molecule has 2 amide bonds. The summed E-state index contributed by atoms with van der Waals surface area (Å²) in [6.07, 6.45) is -1.34. The van der Waals surface area contributed by atoms with Gasteiger partial charge in [-0.25, -0.2) is 4.79 Å². The highest BCUT2D eigenvalue weighted by molar-refractivity contribution is 6.16. The highest BCUT2D eigenvalue weighted by atomic mass is 16.4. The Morgan fingerprint density at radius 3 is 1.44 bits per heavy atom. The van der Waals surface area contributed by atoms with E-state index in [4.69, 9.17) is 5.11 Å². The molecule has 1 atom stereocenters. The molecule has 0 radical (unpaired) electrons. The van der Waals surface area contributed by atoms with Crippen LogP contribution in [-0.4, -0.2) is 50.2 Å². The van der Waals surface area contributed by atoms with Gasteiger partial charge in [-0.2, -0.15) is 0 Å². The average Bonchev–Trinajstić information content (AvgIpc) is 2.48. The minimum absolute atomic E-state index is 0.482. The molecular formula is C17H27NO7. The number of carbonyl (C=O) groups excluding carboxylic acids is 3. The highest BCUT2D eigenvalue weighted by Crippen LogP contribution is 2.30. The second-order valence-electron chi connectivity index (χ2n) is 6.90. The van der Waals surface area contributed by atoms with Crippen LogP contribution in [0.3, 0.4) is 0 Å². The number of imide groups is 1. The molecule has 0 aromatic rings. The molecule has 142 valence electrons. The number of carboxylic acids is 2. The van der Waals surface area contributed by atoms with E-state index in [1.54, 1.807) is 0 Å². The number of carboxylic acid groups (broad SMARTS) is 2. The van der Waals surface area contributed by atoms with E-state index in [1.165, 1.54) is 41.5 Å². The van der Waals surface area contributed by atoms with Crippen molar-refractivity contribution in [1.82, 2.24) is 4.90 Å². The highest BCUT2D eigenvalue weighted by Gasteiger charge is 2.56. The monoisotopic (exact) mass is 357 g/mol. The Morgan fingerprint density at radius 2 is 1.20 bits per heavy atom. The van der Waals surface area contributed by atoms with Gasteiger partial charge in [0.15, 0.2) is 5.78 Å². The topological polar surface area (TPSA) is 129 Å². The molecule has 0 aromatic carbocycles. The van der Waals surface area contributed by atoms with Crippen LogP contribution in [0.25, 0.3) is 0 Å². The van der Waals surface area contributed by atoms with Crippen molar-refractivity contribution in [3.05, 3.63) is 0 Å². The lowest BCUT2D eigenvalue weighted by atomic mass is 9.80. The summed E-state index contributed by atoms with van der Waals surface area (Å²) in [6, 6.07) is 0. The van der Waals surface area contributed by atoms with Gasteiger partial charge in [-0.3, -0.25) is 24.1 Å². The minimum atomic E-state index is -2.53. The van der Waals surface area contributed by atoms with Crippen LogP contribution in [0, 0.1) is 17.8 Å². The Hall–Kier alpha value is -2.25. The fourth-order valence-electron chi connectivity index (χ4n) is 2.42. The van der Waals surface area contributed by atoms with E-state index in [-0.39, 0.29) is 0 Å². The summed E-state index contributed by atoms with van der Waals surface area (Å²) in [6.45, 7) is 8.80. The Balaban J connectivity index is 6.64. The van der Waals surface area contributed by atoms with E-state index in [2.05, 4.69) is 0 Å². The largest absolute Gasteiger partial charge is 0.481 e. The molecule has 8 nitrogen and oxygen atoms in total. The SMILES string of the molecule is CC(C)C(=O)N(C(=O)C(C)C)C(CCC(=O)O)(C(=O)O)C(=O)C(C)C. The molecule has 0 aliphatic rings. The molecule has 25 heavy (non-hydrogen) atoms. The fraction of sp³-hybridized carbons (Fsp3) is 0.706. The van der Waals surface area contributed by atoms with Crippen LogP contribution in [0.4, 0.5) is 0 Å². The number of nitrogens with zero attached hydrogens (tertiary/aromatic N) is 1. The van der Waals surface area contributed by atoms with Crippen LogP contribution in [-0.2, 0) is 24.0 Å². The van der Waals surface area contributed by atoms with Gasteiger partial charge in [0.2, 0.25) is 17.4 Å². The molecule has 0 bridgehead atoms. The molecule has 0 aliphatic heterocycles. The number of carbonyl (C=O) groups is 5. The third-order valence-corrected chi connectivity index (χ3v) is 3.80. The lowest BCUT2D eigenvalue weighted by Crippen LogP contribution is -2.66. The molecule has 0 saturated heterocycles. The van der Waals surface area contributed by atoms with Crippen molar-refractivity contribution in [2.75, 3.05) is 0 Å². The van der Waals surface area contributed by atoms with Gasteiger partial charge in [0.05, 0.1) is 0 Å². The van der Waals surface area contributed by atoms with Crippen LogP contribution in [0.2, 0.25) is 0 Å². The molecule has 0 aromatic heterocycles. The van der Waals surface area contributed by atoms with Crippen LogP contribution in [0.15, 0.2) is 0 Å². The first-order valence-corrected chi connectivity index (χ1v) is 8.18. The zero-order valence-electron chi connectivity index (χ0n) is 15.5. The van der Waals surface area contributed by atoms with Crippen molar-refractivity contribution in [3.63, 3.8) is 0 Å². The van der Waals surface area contributed by atoms with E-state index in [0.29, 0.717) is 4.90 Å². The zero-order valence-corrected chi connectivity index (χ0v) is 15.5. The Bertz CT molecular complexity index is 545. The van der Waals surface area contributed by atoms with Gasteiger partial charge in [0.25, 0.3) is 0 Å². The van der Waals surface area contributed by atoms with Crippen LogP contribution in [0.5, 0.6) is 0 Å². The van der Waals surface area contributed by atoms with E-state index >= 15 is 0 Å². The molecule has 0 aliphatic carbocycles. The standard InChI is InChI=1S/C17H27NO7/c1-9(2)13(21)17(16(24)25,8-7-12(19)20)18(14(22)10(3)4)15(23)11(5)6/h9-11H,7-8H2,1-6H3,(H,19,20)(H,24,25). The van der Waals surface area contributed by atoms with E-state index in [1.807, 2.05) is 0 Å². The first-order chi connectivity index (χ1) is 11.3. The number of hydrogen-bond acceptors (Lipinski definition) is 5. The van der Waals surface area contributed by atoms with Crippen molar-refractivity contribution in [2.45, 2.75) is 59.9 Å². The molecule has 1 unspecified atom stereocenters. The second-order valence-corrected chi connectivity index (χ2v) is 6.90. The number of rotatable bonds is 9. The maximum absolute atomic E-state index is 12.8. The normalized spacial score (nSPS) is 13.6. The predicted molar refractivity (Wildman–Crippen MR) is 88.6 cm³/mol. The number of amides is 2. The quantitative estimate of drug-likeness (QED) is 0.599. The van der Waals surface area contributed by atoms with Crippen molar-refractivity contribution < 1.29 is 34.2 Å². The summed E-state index contributed by atoms with van der Waals surface area (Å²) in [4.78, 5) is 61.7. The number of ketones is 1. The second kappa shape index (κ2) is 8.73. The summed E-state index contributed by atoms with van der Waals surface area (Å²) < 4.78 is 0. The first kappa shape index (κ1) is 22.8. The summed E-state index contributed by atoms with van der Waals surface area (Å²) in [7, 11) is 0. The number of hydrogen-bond donors (Lipinski definition) is 2. The van der Waals surface area contributed by atoms with Crippen LogP contribution >= 0.6 is 0 Å². The van der Waals surface area contributed by atoms with Crippen LogP contribution < -0.4 is 0 Å². The van der Waals surface area contributed by atoms with Gasteiger partial charge >= 0.3 is 11.9 Å². The maximum Gasteiger partial charge on any atom is 0.337 e. The third-order valence-electron chi connectivity index (χ3n) is 3.80. The lowest BCUT2D eigenvalue weighted by Gasteiger charge is -2.40. The molecule has 0 heterocycles. The molecule has 0 spiro atoms. The Kier molecular flexibility index (Phi) is 7.95. The summed E-state index contributed by atoms with van der Waals surface area (Å²) >= 11 is 0. The van der Waals surface area contributed by atoms with Crippen molar-refractivity contribution in [3.8, 4) is 0 Å². The van der Waals surface area contributed by atoms with Gasteiger partial charge in [0.1, 0.15) is 0 Å². The van der Waals surface area contributed by atoms with Gasteiger partial charge in [-0.15, -0.1) is 0 Å². The van der Waals surface area contributed by atoms with E-state index in [0.717, 1.165) is 0 Å². The minimum Gasteiger partial charge on any atom is -0.481 e. The molecule has 8 heteroatoms. The molecule has 0 rings (SSSR count). The molecule has 0 fully saturated rings. The Labute approximate surface area is 147 Å². The third kappa shape index (κ3) is 4.87. The van der Waals surface area contributed by atoms with Crippen molar-refractivity contribution >= 4 is 29.5 Å². The van der Waals surface area contributed by atoms with E-state index in [9.17, 15) is 29.1 Å².